The summed E-state index contributed by atoms with van der Waals surface area (Å²) in [6.45, 7) is 1.48. The maximum atomic E-state index is 11.1. The van der Waals surface area contributed by atoms with E-state index in [9.17, 15) is 4.79 Å². The minimum atomic E-state index is -0.108. The zero-order valence-electron chi connectivity index (χ0n) is 11.4. The number of ether oxygens (including phenoxy) is 1. The first-order valence-corrected chi connectivity index (χ1v) is 6.22. The molecule has 100 valence electrons. The summed E-state index contributed by atoms with van der Waals surface area (Å²) in [5.41, 5.74) is 2.41. The highest BCUT2D eigenvalue weighted by atomic mass is 16.5. The van der Waals surface area contributed by atoms with Gasteiger partial charge in [-0.1, -0.05) is 24.0 Å². The smallest absolute Gasteiger partial charge is 0.221 e. The number of amides is 1. The quantitative estimate of drug-likeness (QED) is 0.847. The Morgan fingerprint density at radius 1 is 1.05 bits per heavy atom. The third kappa shape index (κ3) is 3.63. The van der Waals surface area contributed by atoms with Gasteiger partial charge in [-0.05, 0) is 36.4 Å². The van der Waals surface area contributed by atoms with Gasteiger partial charge in [0.1, 0.15) is 5.75 Å². The molecule has 1 amide bonds. The number of para-hydroxylation sites is 1. The first-order chi connectivity index (χ1) is 9.69. The lowest BCUT2D eigenvalue weighted by Gasteiger charge is -2.04. The lowest BCUT2D eigenvalue weighted by Crippen LogP contribution is -2.06. The fourth-order valence-electron chi connectivity index (χ4n) is 1.70. The van der Waals surface area contributed by atoms with Gasteiger partial charge in [0, 0.05) is 18.1 Å². The molecule has 0 spiro atoms. The van der Waals surface area contributed by atoms with Crippen LogP contribution in [0.3, 0.4) is 0 Å². The van der Waals surface area contributed by atoms with Crippen molar-refractivity contribution in [2.24, 2.45) is 0 Å². The predicted molar refractivity (Wildman–Crippen MR) is 79.7 cm³/mol. The molecular formula is C17H15NO2. The van der Waals surface area contributed by atoms with Crippen LogP contribution in [0, 0.1) is 11.8 Å². The van der Waals surface area contributed by atoms with Crippen molar-refractivity contribution in [3.05, 3.63) is 59.7 Å². The molecule has 2 aromatic rings. The third-order valence-electron chi connectivity index (χ3n) is 2.67. The molecule has 0 atom stereocenters. The predicted octanol–water partition coefficient (Wildman–Crippen LogP) is 3.05. The van der Waals surface area contributed by atoms with E-state index in [0.717, 1.165) is 22.6 Å². The van der Waals surface area contributed by atoms with Crippen LogP contribution in [0.5, 0.6) is 5.75 Å². The second-order valence-corrected chi connectivity index (χ2v) is 4.21. The molecule has 2 aromatic carbocycles. The normalized spacial score (nSPS) is 9.30. The number of hydrogen-bond donors (Lipinski definition) is 1. The van der Waals surface area contributed by atoms with Gasteiger partial charge in [0.25, 0.3) is 0 Å². The molecule has 3 nitrogen and oxygen atoms in total. The molecule has 0 unspecified atom stereocenters. The molecule has 1 N–H and O–H groups in total. The van der Waals surface area contributed by atoms with Crippen LogP contribution in [0.25, 0.3) is 0 Å². The Hall–Kier alpha value is -2.73. The van der Waals surface area contributed by atoms with E-state index in [1.165, 1.54) is 6.92 Å². The van der Waals surface area contributed by atoms with Gasteiger partial charge in [-0.2, -0.15) is 0 Å². The van der Waals surface area contributed by atoms with E-state index in [0.29, 0.717) is 0 Å². The molecule has 0 saturated carbocycles. The fraction of sp³-hybridized carbons (Fsp3) is 0.118. The molecule has 0 aromatic heterocycles. The van der Waals surface area contributed by atoms with Gasteiger partial charge in [-0.15, -0.1) is 0 Å². The van der Waals surface area contributed by atoms with Gasteiger partial charge in [0.05, 0.1) is 12.8 Å². The molecule has 0 aliphatic rings. The maximum absolute atomic E-state index is 11.1. The van der Waals surface area contributed by atoms with E-state index in [4.69, 9.17) is 4.74 Å². The van der Waals surface area contributed by atoms with E-state index < -0.39 is 0 Å². The van der Waals surface area contributed by atoms with Gasteiger partial charge in [-0.25, -0.2) is 0 Å². The summed E-state index contributed by atoms with van der Waals surface area (Å²) in [6, 6.07) is 15.0. The van der Waals surface area contributed by atoms with E-state index in [1.54, 1.807) is 7.11 Å². The Morgan fingerprint density at radius 2 is 1.75 bits per heavy atom. The minimum Gasteiger partial charge on any atom is -0.497 e. The zero-order valence-corrected chi connectivity index (χ0v) is 11.4. The van der Waals surface area contributed by atoms with Crippen LogP contribution < -0.4 is 10.1 Å². The summed E-state index contributed by atoms with van der Waals surface area (Å²) in [4.78, 5) is 11.1. The second kappa shape index (κ2) is 6.44. The van der Waals surface area contributed by atoms with Crippen molar-refractivity contribution in [3.8, 4) is 17.6 Å². The Bertz CT molecular complexity index is 663. The molecule has 0 fully saturated rings. The van der Waals surface area contributed by atoms with Gasteiger partial charge >= 0.3 is 0 Å². The molecule has 2 rings (SSSR count). The largest absolute Gasteiger partial charge is 0.497 e. The number of carbonyl (C=O) groups is 1. The SMILES string of the molecule is COc1ccc(C#Cc2ccccc2NC(C)=O)cc1. The highest BCUT2D eigenvalue weighted by Gasteiger charge is 2.00. The summed E-state index contributed by atoms with van der Waals surface area (Å²) in [7, 11) is 1.63. The highest BCUT2D eigenvalue weighted by Crippen LogP contribution is 2.14. The van der Waals surface area contributed by atoms with Crippen molar-refractivity contribution < 1.29 is 9.53 Å². The Balaban J connectivity index is 2.25. The summed E-state index contributed by atoms with van der Waals surface area (Å²) >= 11 is 0. The Kier molecular flexibility index (Phi) is 4.41. The van der Waals surface area contributed by atoms with E-state index in [-0.39, 0.29) is 5.91 Å². The van der Waals surface area contributed by atoms with Crippen molar-refractivity contribution in [3.63, 3.8) is 0 Å². The number of carbonyl (C=O) groups excluding carboxylic acids is 1. The van der Waals surface area contributed by atoms with E-state index in [1.807, 2.05) is 48.5 Å². The standard InChI is InChI=1S/C17H15NO2/c1-13(19)18-17-6-4-3-5-15(17)10-7-14-8-11-16(20-2)12-9-14/h3-6,8-9,11-12H,1-2H3,(H,18,19). The average molecular weight is 265 g/mol. The van der Waals surface area contributed by atoms with Crippen LogP contribution in [-0.4, -0.2) is 13.0 Å². The van der Waals surface area contributed by atoms with Crippen molar-refractivity contribution in [2.75, 3.05) is 12.4 Å². The molecule has 0 aliphatic heterocycles. The summed E-state index contributed by atoms with van der Waals surface area (Å²) in [5, 5.41) is 2.77. The van der Waals surface area contributed by atoms with Crippen LogP contribution in [0.1, 0.15) is 18.1 Å². The fourth-order valence-corrected chi connectivity index (χ4v) is 1.70. The van der Waals surface area contributed by atoms with Crippen LogP contribution in [0.4, 0.5) is 5.69 Å². The lowest BCUT2D eigenvalue weighted by molar-refractivity contribution is -0.114. The Morgan fingerprint density at radius 3 is 2.40 bits per heavy atom. The zero-order chi connectivity index (χ0) is 14.4. The first-order valence-electron chi connectivity index (χ1n) is 6.22. The van der Waals surface area contributed by atoms with E-state index in [2.05, 4.69) is 17.2 Å². The first kappa shape index (κ1) is 13.7. The number of methoxy groups -OCH3 is 1. The Labute approximate surface area is 118 Å². The molecule has 20 heavy (non-hydrogen) atoms. The average Bonchev–Trinajstić information content (AvgIpc) is 2.46. The molecule has 0 aliphatic carbocycles. The van der Waals surface area contributed by atoms with Crippen molar-refractivity contribution in [2.45, 2.75) is 6.92 Å². The van der Waals surface area contributed by atoms with Crippen LogP contribution in [-0.2, 0) is 4.79 Å². The maximum Gasteiger partial charge on any atom is 0.221 e. The number of hydrogen-bond acceptors (Lipinski definition) is 2. The van der Waals surface area contributed by atoms with Gasteiger partial charge in [0.15, 0.2) is 0 Å². The van der Waals surface area contributed by atoms with Gasteiger partial charge < -0.3 is 10.1 Å². The van der Waals surface area contributed by atoms with Crippen molar-refractivity contribution in [1.82, 2.24) is 0 Å². The molecular weight excluding hydrogens is 250 g/mol. The van der Waals surface area contributed by atoms with Crippen LogP contribution >= 0.6 is 0 Å². The number of nitrogens with one attached hydrogen (secondary N) is 1. The lowest BCUT2D eigenvalue weighted by atomic mass is 10.1. The summed E-state index contributed by atoms with van der Waals surface area (Å²) in [6.07, 6.45) is 0. The van der Waals surface area contributed by atoms with Gasteiger partial charge in [-0.3, -0.25) is 4.79 Å². The van der Waals surface area contributed by atoms with Gasteiger partial charge in [0.2, 0.25) is 5.91 Å². The van der Waals surface area contributed by atoms with E-state index >= 15 is 0 Å². The summed E-state index contributed by atoms with van der Waals surface area (Å²) in [5.74, 6) is 6.83. The third-order valence-corrected chi connectivity index (χ3v) is 2.67. The molecule has 0 bridgehead atoms. The molecule has 0 saturated heterocycles. The number of anilines is 1. The van der Waals surface area contributed by atoms with Crippen LogP contribution in [0.2, 0.25) is 0 Å². The molecule has 0 radical (unpaired) electrons. The number of rotatable bonds is 2. The van der Waals surface area contributed by atoms with Crippen molar-refractivity contribution >= 4 is 11.6 Å². The molecule has 3 heteroatoms. The highest BCUT2D eigenvalue weighted by molar-refractivity contribution is 5.90. The molecule has 0 heterocycles. The van der Waals surface area contributed by atoms with Crippen molar-refractivity contribution in [1.29, 1.82) is 0 Å². The monoisotopic (exact) mass is 265 g/mol. The number of benzene rings is 2. The second-order valence-electron chi connectivity index (χ2n) is 4.21. The topological polar surface area (TPSA) is 38.3 Å². The van der Waals surface area contributed by atoms with Crippen LogP contribution in [0.15, 0.2) is 48.5 Å². The summed E-state index contributed by atoms with van der Waals surface area (Å²) < 4.78 is 5.10. The minimum absolute atomic E-state index is 0.108.